The fourth-order valence-corrected chi connectivity index (χ4v) is 4.89. The van der Waals surface area contributed by atoms with Gasteiger partial charge in [0.25, 0.3) is 0 Å². The molecular formula is C25H31NO5. The number of rotatable bonds is 6. The predicted octanol–water partition coefficient (Wildman–Crippen LogP) is 3.40. The van der Waals surface area contributed by atoms with E-state index < -0.39 is 0 Å². The summed E-state index contributed by atoms with van der Waals surface area (Å²) >= 11 is 0. The average molecular weight is 426 g/mol. The lowest BCUT2D eigenvalue weighted by Crippen LogP contribution is -2.36. The van der Waals surface area contributed by atoms with Gasteiger partial charge in [-0.05, 0) is 48.8 Å². The molecule has 4 rings (SSSR count). The van der Waals surface area contributed by atoms with Crippen molar-refractivity contribution in [3.8, 4) is 17.2 Å². The number of piperidine rings is 1. The first-order valence-electron chi connectivity index (χ1n) is 11.0. The van der Waals surface area contributed by atoms with Crippen LogP contribution in [0.25, 0.3) is 0 Å². The molecule has 0 spiro atoms. The van der Waals surface area contributed by atoms with Crippen LogP contribution in [0.1, 0.15) is 53.9 Å². The molecule has 0 bridgehead atoms. The minimum Gasteiger partial charge on any atom is -0.507 e. The molecule has 1 aliphatic carbocycles. The molecule has 1 heterocycles. The van der Waals surface area contributed by atoms with E-state index in [4.69, 9.17) is 9.47 Å². The Bertz CT molecular complexity index is 951. The van der Waals surface area contributed by atoms with Crippen LogP contribution >= 0.6 is 0 Å². The molecule has 2 unspecified atom stereocenters. The zero-order valence-electron chi connectivity index (χ0n) is 18.3. The molecule has 1 amide bonds. The summed E-state index contributed by atoms with van der Waals surface area (Å²) in [7, 11) is 3.09. The number of aliphatic hydroxyl groups excluding tert-OH is 1. The molecule has 2 N–H and O–H groups in total. The first-order chi connectivity index (χ1) is 15.0. The van der Waals surface area contributed by atoms with E-state index in [2.05, 4.69) is 6.07 Å². The largest absolute Gasteiger partial charge is 0.507 e. The number of hydrogen-bond acceptors (Lipinski definition) is 5. The summed E-state index contributed by atoms with van der Waals surface area (Å²) in [6.45, 7) is 1.57. The summed E-state index contributed by atoms with van der Waals surface area (Å²) in [4.78, 5) is 15.1. The second kappa shape index (κ2) is 9.18. The number of aromatic hydroxyl groups is 1. The molecular weight excluding hydrogens is 394 g/mol. The molecule has 0 saturated carbocycles. The molecule has 0 aromatic heterocycles. The highest BCUT2D eigenvalue weighted by molar-refractivity contribution is 5.78. The Balaban J connectivity index is 1.75. The maximum atomic E-state index is 13.2. The smallest absolute Gasteiger partial charge is 0.223 e. The minimum absolute atomic E-state index is 0.0492. The van der Waals surface area contributed by atoms with Crippen molar-refractivity contribution >= 4 is 5.91 Å². The van der Waals surface area contributed by atoms with Gasteiger partial charge in [-0.3, -0.25) is 4.79 Å². The summed E-state index contributed by atoms with van der Waals surface area (Å²) in [5.74, 6) is 0.763. The Hall–Kier alpha value is -2.73. The van der Waals surface area contributed by atoms with Crippen LogP contribution in [0.4, 0.5) is 0 Å². The molecule has 2 aromatic carbocycles. The highest BCUT2D eigenvalue weighted by Gasteiger charge is 2.30. The van der Waals surface area contributed by atoms with E-state index in [1.807, 2.05) is 17.0 Å². The number of benzene rings is 2. The number of amides is 1. The van der Waals surface area contributed by atoms with Crippen LogP contribution in [0, 0.1) is 0 Å². The van der Waals surface area contributed by atoms with Crippen LogP contribution in [-0.4, -0.2) is 54.4 Å². The molecule has 6 heteroatoms. The topological polar surface area (TPSA) is 79.2 Å². The van der Waals surface area contributed by atoms with Crippen molar-refractivity contribution in [2.24, 2.45) is 0 Å². The van der Waals surface area contributed by atoms with Gasteiger partial charge in [-0.15, -0.1) is 0 Å². The third kappa shape index (κ3) is 4.49. The SMILES string of the molecule is COc1cc(O)c(C(CC(=O)N2CCCCC2)c2ccc3c(c2)CC(O)C3)c(OC)c1. The second-order valence-corrected chi connectivity index (χ2v) is 8.55. The van der Waals surface area contributed by atoms with E-state index in [-0.39, 0.29) is 30.1 Å². The van der Waals surface area contributed by atoms with Gasteiger partial charge < -0.3 is 24.6 Å². The number of aliphatic hydroxyl groups is 1. The number of fused-ring (bicyclic) bond motifs is 1. The van der Waals surface area contributed by atoms with Crippen LogP contribution in [0.3, 0.4) is 0 Å². The normalized spacial score (nSPS) is 19.1. The molecule has 2 aliphatic rings. The third-order valence-electron chi connectivity index (χ3n) is 6.53. The quantitative estimate of drug-likeness (QED) is 0.742. The molecule has 1 aliphatic heterocycles. The van der Waals surface area contributed by atoms with E-state index >= 15 is 0 Å². The van der Waals surface area contributed by atoms with Crippen molar-refractivity contribution < 1.29 is 24.5 Å². The molecule has 2 aromatic rings. The molecule has 31 heavy (non-hydrogen) atoms. The number of hydrogen-bond donors (Lipinski definition) is 2. The zero-order valence-corrected chi connectivity index (χ0v) is 18.3. The number of methoxy groups -OCH3 is 2. The van der Waals surface area contributed by atoms with Gasteiger partial charge >= 0.3 is 0 Å². The van der Waals surface area contributed by atoms with Crippen molar-refractivity contribution in [3.63, 3.8) is 0 Å². The number of nitrogens with zero attached hydrogens (tertiary/aromatic N) is 1. The van der Waals surface area contributed by atoms with Gasteiger partial charge in [0.15, 0.2) is 0 Å². The maximum Gasteiger partial charge on any atom is 0.223 e. The van der Waals surface area contributed by atoms with E-state index in [0.29, 0.717) is 29.9 Å². The van der Waals surface area contributed by atoms with E-state index in [1.165, 1.54) is 7.11 Å². The van der Waals surface area contributed by atoms with Crippen molar-refractivity contribution in [2.45, 2.75) is 50.5 Å². The van der Waals surface area contributed by atoms with E-state index in [9.17, 15) is 15.0 Å². The Morgan fingerprint density at radius 2 is 1.81 bits per heavy atom. The zero-order chi connectivity index (χ0) is 22.0. The molecule has 1 fully saturated rings. The van der Waals surface area contributed by atoms with Crippen LogP contribution < -0.4 is 9.47 Å². The molecule has 166 valence electrons. The van der Waals surface area contributed by atoms with Gasteiger partial charge in [-0.25, -0.2) is 0 Å². The highest BCUT2D eigenvalue weighted by Crippen LogP contribution is 2.44. The van der Waals surface area contributed by atoms with Gasteiger partial charge in [0, 0.05) is 43.1 Å². The fourth-order valence-electron chi connectivity index (χ4n) is 4.89. The minimum atomic E-state index is -0.363. The second-order valence-electron chi connectivity index (χ2n) is 8.55. The lowest BCUT2D eigenvalue weighted by Gasteiger charge is -2.29. The van der Waals surface area contributed by atoms with E-state index in [0.717, 1.165) is 49.0 Å². The van der Waals surface area contributed by atoms with Gasteiger partial charge in [0.05, 0.1) is 20.3 Å². The summed E-state index contributed by atoms with van der Waals surface area (Å²) in [5.41, 5.74) is 3.78. The summed E-state index contributed by atoms with van der Waals surface area (Å²) in [6.07, 6.45) is 4.38. The summed E-state index contributed by atoms with van der Waals surface area (Å²) < 4.78 is 10.9. The fraction of sp³-hybridized carbons (Fsp3) is 0.480. The number of carbonyl (C=O) groups excluding carboxylic acids is 1. The van der Waals surface area contributed by atoms with Crippen molar-refractivity contribution in [3.05, 3.63) is 52.6 Å². The lowest BCUT2D eigenvalue weighted by atomic mass is 9.85. The van der Waals surface area contributed by atoms with Gasteiger partial charge in [0.2, 0.25) is 5.91 Å². The summed E-state index contributed by atoms with van der Waals surface area (Å²) in [5, 5.41) is 21.0. The number of ether oxygens (including phenoxy) is 2. The Kier molecular flexibility index (Phi) is 6.37. The first kappa shape index (κ1) is 21.5. The van der Waals surface area contributed by atoms with Crippen LogP contribution in [0.2, 0.25) is 0 Å². The Morgan fingerprint density at radius 3 is 2.52 bits per heavy atom. The van der Waals surface area contributed by atoms with Crippen molar-refractivity contribution in [2.75, 3.05) is 27.3 Å². The van der Waals surface area contributed by atoms with Gasteiger partial charge in [-0.2, -0.15) is 0 Å². The van der Waals surface area contributed by atoms with Crippen molar-refractivity contribution in [1.29, 1.82) is 0 Å². The molecule has 0 radical (unpaired) electrons. The standard InChI is InChI=1S/C25H31NO5/c1-30-20-13-22(28)25(23(14-20)31-2)21(15-24(29)26-8-4-3-5-9-26)17-7-6-16-11-19(27)12-18(16)10-17/h6-7,10,13-14,19,21,27-28H,3-5,8-9,11-12,15H2,1-2H3. The number of phenols is 1. The third-order valence-corrected chi connectivity index (χ3v) is 6.53. The maximum absolute atomic E-state index is 13.2. The highest BCUT2D eigenvalue weighted by atomic mass is 16.5. The summed E-state index contributed by atoms with van der Waals surface area (Å²) in [6, 6.07) is 9.42. The van der Waals surface area contributed by atoms with E-state index in [1.54, 1.807) is 19.2 Å². The monoisotopic (exact) mass is 425 g/mol. The number of carbonyl (C=O) groups is 1. The van der Waals surface area contributed by atoms with Crippen LogP contribution in [0.5, 0.6) is 17.2 Å². The van der Waals surface area contributed by atoms with Crippen LogP contribution in [0.15, 0.2) is 30.3 Å². The van der Waals surface area contributed by atoms with Gasteiger partial charge in [-0.1, -0.05) is 18.2 Å². The van der Waals surface area contributed by atoms with Crippen molar-refractivity contribution in [1.82, 2.24) is 4.90 Å². The number of likely N-dealkylation sites (tertiary alicyclic amines) is 1. The molecule has 6 nitrogen and oxygen atoms in total. The average Bonchev–Trinajstić information content (AvgIpc) is 3.16. The van der Waals surface area contributed by atoms with Crippen LogP contribution in [-0.2, 0) is 17.6 Å². The van der Waals surface area contributed by atoms with Gasteiger partial charge in [0.1, 0.15) is 17.2 Å². The molecule has 2 atom stereocenters. The first-order valence-corrected chi connectivity index (χ1v) is 11.0. The Morgan fingerprint density at radius 1 is 1.06 bits per heavy atom. The Labute approximate surface area is 183 Å². The number of phenolic OH excluding ortho intramolecular Hbond substituents is 1. The predicted molar refractivity (Wildman–Crippen MR) is 118 cm³/mol. The molecule has 1 saturated heterocycles. The lowest BCUT2D eigenvalue weighted by molar-refractivity contribution is -0.132.